The molecule has 0 unspecified atom stereocenters. The minimum atomic E-state index is -1.17. The molecule has 0 bridgehead atoms. The maximum Gasteiger partial charge on any atom is 0.326 e. The molecule has 0 heterocycles. The Bertz CT molecular complexity index is 1500. The molecule has 2 atom stereocenters. The zero-order valence-corrected chi connectivity index (χ0v) is 21.0. The summed E-state index contributed by atoms with van der Waals surface area (Å²) in [7, 11) is 0. The monoisotopic (exact) mass is 521 g/mol. The third-order valence-electron chi connectivity index (χ3n) is 6.14. The van der Waals surface area contributed by atoms with Crippen molar-refractivity contribution in [1.82, 2.24) is 10.6 Å². The highest BCUT2D eigenvalue weighted by Crippen LogP contribution is 2.22. The first kappa shape index (κ1) is 26.9. The molecule has 196 valence electrons. The van der Waals surface area contributed by atoms with Gasteiger partial charge >= 0.3 is 5.97 Å². The van der Waals surface area contributed by atoms with Gasteiger partial charge in [0.25, 0.3) is 5.91 Å². The van der Waals surface area contributed by atoms with Crippen LogP contribution < -0.4 is 15.4 Å². The average molecular weight is 522 g/mol. The molecule has 0 fully saturated rings. The Balaban J connectivity index is 1.43. The Morgan fingerprint density at radius 3 is 1.97 bits per heavy atom. The van der Waals surface area contributed by atoms with E-state index in [2.05, 4.69) is 16.7 Å². The molecule has 8 nitrogen and oxygen atoms in total. The number of nitrogens with zero attached hydrogens (tertiary/aromatic N) is 1. The molecular weight excluding hydrogens is 494 g/mol. The number of carboxylic acid groups (broad SMARTS) is 1. The van der Waals surface area contributed by atoms with Gasteiger partial charge in [-0.3, -0.25) is 9.59 Å². The second-order valence-corrected chi connectivity index (χ2v) is 9.02. The van der Waals surface area contributed by atoms with Crippen LogP contribution in [0.15, 0.2) is 97.1 Å². The first-order chi connectivity index (χ1) is 18.9. The molecule has 0 aromatic heterocycles. The maximum atomic E-state index is 13.2. The minimum absolute atomic E-state index is 0.106. The number of rotatable bonds is 11. The molecule has 3 N–H and O–H groups in total. The van der Waals surface area contributed by atoms with Crippen LogP contribution in [0.25, 0.3) is 10.8 Å². The van der Waals surface area contributed by atoms with Gasteiger partial charge in [0.15, 0.2) is 6.61 Å². The summed E-state index contributed by atoms with van der Waals surface area (Å²) in [5, 5.41) is 25.8. The number of nitriles is 1. The maximum absolute atomic E-state index is 13.2. The van der Waals surface area contributed by atoms with Crippen molar-refractivity contribution >= 4 is 28.6 Å². The van der Waals surface area contributed by atoms with Gasteiger partial charge in [-0.15, -0.1) is 0 Å². The summed E-state index contributed by atoms with van der Waals surface area (Å²) < 4.78 is 5.66. The van der Waals surface area contributed by atoms with Crippen molar-refractivity contribution in [2.45, 2.75) is 24.9 Å². The van der Waals surface area contributed by atoms with Crippen LogP contribution in [0.2, 0.25) is 0 Å². The van der Waals surface area contributed by atoms with Crippen molar-refractivity contribution in [3.63, 3.8) is 0 Å². The van der Waals surface area contributed by atoms with E-state index in [4.69, 9.17) is 10.00 Å². The Hall–Kier alpha value is -5.16. The first-order valence-corrected chi connectivity index (χ1v) is 12.4. The van der Waals surface area contributed by atoms with E-state index in [-0.39, 0.29) is 19.4 Å². The molecule has 8 heteroatoms. The zero-order valence-electron chi connectivity index (χ0n) is 21.0. The van der Waals surface area contributed by atoms with E-state index in [1.165, 1.54) is 0 Å². The molecule has 0 aliphatic carbocycles. The number of aliphatic carboxylic acids is 1. The molecule has 0 aliphatic rings. The van der Waals surface area contributed by atoms with Crippen molar-refractivity contribution in [1.29, 1.82) is 5.26 Å². The number of carboxylic acids is 1. The van der Waals surface area contributed by atoms with Gasteiger partial charge in [-0.05, 0) is 46.2 Å². The van der Waals surface area contributed by atoms with Gasteiger partial charge in [0.05, 0.1) is 11.6 Å². The lowest BCUT2D eigenvalue weighted by Crippen LogP contribution is -2.53. The Kier molecular flexibility index (Phi) is 8.88. The highest BCUT2D eigenvalue weighted by Gasteiger charge is 2.27. The van der Waals surface area contributed by atoms with Crippen LogP contribution >= 0.6 is 0 Å². The molecule has 0 spiro atoms. The minimum Gasteiger partial charge on any atom is -0.484 e. The number of ether oxygens (including phenoxy) is 1. The third kappa shape index (κ3) is 7.66. The van der Waals surface area contributed by atoms with Gasteiger partial charge in [0.1, 0.15) is 17.8 Å². The quantitative estimate of drug-likeness (QED) is 0.277. The normalized spacial score (nSPS) is 12.1. The molecule has 0 saturated heterocycles. The van der Waals surface area contributed by atoms with Crippen LogP contribution in [-0.2, 0) is 27.2 Å². The second-order valence-electron chi connectivity index (χ2n) is 9.02. The van der Waals surface area contributed by atoms with E-state index in [1.807, 2.05) is 36.4 Å². The second kappa shape index (κ2) is 12.9. The summed E-state index contributed by atoms with van der Waals surface area (Å²) in [6.45, 7) is -0.341. The van der Waals surface area contributed by atoms with Crippen molar-refractivity contribution in [2.75, 3.05) is 6.61 Å². The van der Waals surface area contributed by atoms with E-state index >= 15 is 0 Å². The van der Waals surface area contributed by atoms with E-state index in [1.54, 1.807) is 60.7 Å². The summed E-state index contributed by atoms with van der Waals surface area (Å²) >= 11 is 0. The summed E-state index contributed by atoms with van der Waals surface area (Å²) in [5.74, 6) is -1.84. The number of nitrogens with one attached hydrogen (secondary N) is 2. The highest BCUT2D eigenvalue weighted by molar-refractivity contribution is 5.91. The average Bonchev–Trinajstić information content (AvgIpc) is 2.96. The van der Waals surface area contributed by atoms with E-state index in [0.29, 0.717) is 11.3 Å². The van der Waals surface area contributed by atoms with Crippen molar-refractivity contribution < 1.29 is 24.2 Å². The predicted molar refractivity (Wildman–Crippen MR) is 146 cm³/mol. The van der Waals surface area contributed by atoms with Crippen molar-refractivity contribution in [2.24, 2.45) is 0 Å². The third-order valence-corrected chi connectivity index (χ3v) is 6.14. The van der Waals surface area contributed by atoms with Crippen LogP contribution in [0.4, 0.5) is 0 Å². The van der Waals surface area contributed by atoms with Gasteiger partial charge in [-0.2, -0.15) is 5.26 Å². The summed E-state index contributed by atoms with van der Waals surface area (Å²) in [4.78, 5) is 37.9. The van der Waals surface area contributed by atoms with E-state index in [0.717, 1.165) is 21.9 Å². The molecule has 39 heavy (non-hydrogen) atoms. The van der Waals surface area contributed by atoms with Gasteiger partial charge < -0.3 is 20.5 Å². The number of fused-ring (bicyclic) bond motifs is 1. The number of carbonyl (C=O) groups excluding carboxylic acids is 2. The number of hydrogen-bond donors (Lipinski definition) is 3. The largest absolute Gasteiger partial charge is 0.484 e. The number of benzene rings is 4. The smallest absolute Gasteiger partial charge is 0.326 e. The fourth-order valence-electron chi connectivity index (χ4n) is 4.15. The fourth-order valence-corrected chi connectivity index (χ4v) is 4.15. The van der Waals surface area contributed by atoms with Crippen LogP contribution in [0.3, 0.4) is 0 Å². The highest BCUT2D eigenvalue weighted by atomic mass is 16.5. The van der Waals surface area contributed by atoms with Crippen LogP contribution in [0.5, 0.6) is 5.75 Å². The summed E-state index contributed by atoms with van der Waals surface area (Å²) in [6.07, 6.45) is 0.280. The molecular formula is C31H27N3O5. The van der Waals surface area contributed by atoms with Gasteiger partial charge in [0, 0.05) is 12.8 Å². The van der Waals surface area contributed by atoms with Crippen LogP contribution in [0.1, 0.15) is 16.7 Å². The predicted octanol–water partition coefficient (Wildman–Crippen LogP) is 3.63. The molecule has 4 rings (SSSR count). The molecule has 0 saturated carbocycles. The van der Waals surface area contributed by atoms with Crippen LogP contribution in [0, 0.1) is 11.3 Å². The standard InChI is InChI=1S/C31H27N3O5/c32-19-23-11-12-25-18-26(14-13-24(25)15-23)39-20-29(35)33-27(16-21-7-3-1-4-8-21)30(36)34-28(31(37)38)17-22-9-5-2-6-10-22/h1-15,18,27-28H,16-17,20H2,(H,33,35)(H,34,36)(H,37,38)/t27-,28-/m0/s1. The Morgan fingerprint density at radius 2 is 1.36 bits per heavy atom. The molecule has 4 aromatic rings. The van der Waals surface area contributed by atoms with Crippen molar-refractivity contribution in [3.8, 4) is 11.8 Å². The Morgan fingerprint density at radius 1 is 0.769 bits per heavy atom. The number of amides is 2. The van der Waals surface area contributed by atoms with E-state index in [9.17, 15) is 19.5 Å². The molecule has 0 aliphatic heterocycles. The lowest BCUT2D eigenvalue weighted by Gasteiger charge is -2.22. The molecule has 2 amide bonds. The first-order valence-electron chi connectivity index (χ1n) is 12.4. The molecule has 0 radical (unpaired) electrons. The topological polar surface area (TPSA) is 129 Å². The van der Waals surface area contributed by atoms with Gasteiger partial charge in [-0.25, -0.2) is 4.79 Å². The van der Waals surface area contributed by atoms with E-state index < -0.39 is 29.9 Å². The van der Waals surface area contributed by atoms with Gasteiger partial charge in [-0.1, -0.05) is 72.8 Å². The zero-order chi connectivity index (χ0) is 27.6. The molecule has 4 aromatic carbocycles. The summed E-state index contributed by atoms with van der Waals surface area (Å²) in [5.41, 5.74) is 2.12. The Labute approximate surface area is 225 Å². The van der Waals surface area contributed by atoms with Gasteiger partial charge in [0.2, 0.25) is 5.91 Å². The van der Waals surface area contributed by atoms with Crippen molar-refractivity contribution in [3.05, 3.63) is 114 Å². The lowest BCUT2D eigenvalue weighted by atomic mass is 10.0. The SMILES string of the molecule is N#Cc1ccc2cc(OCC(=O)N[C@@H](Cc3ccccc3)C(=O)N[C@@H](Cc3ccccc3)C(=O)O)ccc2c1. The number of hydrogen-bond acceptors (Lipinski definition) is 5. The fraction of sp³-hybridized carbons (Fsp3) is 0.161. The summed E-state index contributed by atoms with van der Waals surface area (Å²) in [6, 6.07) is 28.6. The lowest BCUT2D eigenvalue weighted by molar-refractivity contribution is -0.142. The number of carbonyl (C=O) groups is 3. The van der Waals surface area contributed by atoms with Crippen LogP contribution in [-0.4, -0.2) is 41.6 Å².